The van der Waals surface area contributed by atoms with Crippen molar-refractivity contribution in [3.63, 3.8) is 0 Å². The molecule has 1 aliphatic rings. The minimum atomic E-state index is -0.237. The van der Waals surface area contributed by atoms with E-state index in [9.17, 15) is 4.39 Å². The molecule has 1 aliphatic carbocycles. The monoisotopic (exact) mass is 362 g/mol. The molecule has 5 rings (SSSR count). The third-order valence-electron chi connectivity index (χ3n) is 4.98. The Morgan fingerprint density at radius 3 is 2.78 bits per heavy atom. The van der Waals surface area contributed by atoms with Crippen LogP contribution in [0.15, 0.2) is 48.8 Å². The molecule has 0 saturated heterocycles. The van der Waals surface area contributed by atoms with E-state index in [-0.39, 0.29) is 11.9 Å². The Morgan fingerprint density at radius 1 is 1.19 bits per heavy atom. The number of imidazole rings is 1. The van der Waals surface area contributed by atoms with Gasteiger partial charge in [0.25, 0.3) is 0 Å². The zero-order valence-electron chi connectivity index (χ0n) is 14.9. The average molecular weight is 362 g/mol. The van der Waals surface area contributed by atoms with E-state index < -0.39 is 0 Å². The van der Waals surface area contributed by atoms with Gasteiger partial charge in [0, 0.05) is 23.7 Å². The predicted octanol–water partition coefficient (Wildman–Crippen LogP) is 4.33. The van der Waals surface area contributed by atoms with E-state index in [1.54, 1.807) is 18.5 Å². The molecular formula is C20H19FN6. The molecule has 0 amide bonds. The van der Waals surface area contributed by atoms with Crippen LogP contribution in [0.25, 0.3) is 17.0 Å². The van der Waals surface area contributed by atoms with Crippen molar-refractivity contribution in [2.75, 3.05) is 5.32 Å². The predicted molar refractivity (Wildman–Crippen MR) is 101 cm³/mol. The SMILES string of the molecule is CC(Nc1ccc2ncn(-c3cc(C4CC4)[nH]n3)c2n1)c1ccc(F)cc1. The average Bonchev–Trinajstić information content (AvgIpc) is 3.26. The summed E-state index contributed by atoms with van der Waals surface area (Å²) in [6.45, 7) is 2.02. The second-order valence-corrected chi connectivity index (χ2v) is 7.03. The van der Waals surface area contributed by atoms with E-state index in [4.69, 9.17) is 4.98 Å². The number of nitrogens with zero attached hydrogens (tertiary/aromatic N) is 4. The maximum atomic E-state index is 13.1. The molecule has 27 heavy (non-hydrogen) atoms. The van der Waals surface area contributed by atoms with Gasteiger partial charge >= 0.3 is 0 Å². The molecule has 0 spiro atoms. The number of benzene rings is 1. The fraction of sp³-hybridized carbons (Fsp3) is 0.250. The van der Waals surface area contributed by atoms with Crippen molar-refractivity contribution in [2.24, 2.45) is 0 Å². The summed E-state index contributed by atoms with van der Waals surface area (Å²) in [6.07, 6.45) is 4.19. The van der Waals surface area contributed by atoms with E-state index >= 15 is 0 Å². The molecule has 7 heteroatoms. The highest BCUT2D eigenvalue weighted by molar-refractivity contribution is 5.74. The highest BCUT2D eigenvalue weighted by Gasteiger charge is 2.26. The number of anilines is 1. The number of aromatic nitrogens is 5. The molecule has 0 radical (unpaired) electrons. The van der Waals surface area contributed by atoms with E-state index in [0.29, 0.717) is 5.92 Å². The summed E-state index contributed by atoms with van der Waals surface area (Å²) in [5, 5.41) is 10.9. The third-order valence-corrected chi connectivity index (χ3v) is 4.98. The number of hydrogen-bond donors (Lipinski definition) is 2. The maximum Gasteiger partial charge on any atom is 0.168 e. The van der Waals surface area contributed by atoms with Gasteiger partial charge in [-0.2, -0.15) is 5.10 Å². The van der Waals surface area contributed by atoms with Crippen molar-refractivity contribution in [3.05, 3.63) is 65.9 Å². The number of halogens is 1. The van der Waals surface area contributed by atoms with Crippen molar-refractivity contribution < 1.29 is 4.39 Å². The quantitative estimate of drug-likeness (QED) is 0.554. The number of pyridine rings is 1. The van der Waals surface area contributed by atoms with Crippen molar-refractivity contribution in [1.82, 2.24) is 24.7 Å². The lowest BCUT2D eigenvalue weighted by Gasteiger charge is -2.15. The summed E-state index contributed by atoms with van der Waals surface area (Å²) >= 11 is 0. The highest BCUT2D eigenvalue weighted by Crippen LogP contribution is 2.39. The van der Waals surface area contributed by atoms with Crippen LogP contribution in [0.3, 0.4) is 0 Å². The molecule has 3 heterocycles. The topological polar surface area (TPSA) is 71.4 Å². The molecule has 1 atom stereocenters. The zero-order chi connectivity index (χ0) is 18.4. The van der Waals surface area contributed by atoms with E-state index in [1.165, 1.54) is 30.7 Å². The molecule has 136 valence electrons. The summed E-state index contributed by atoms with van der Waals surface area (Å²) in [5.41, 5.74) is 3.73. The minimum absolute atomic E-state index is 0.00113. The Balaban J connectivity index is 1.44. The third kappa shape index (κ3) is 3.05. The van der Waals surface area contributed by atoms with Crippen LogP contribution in [-0.2, 0) is 0 Å². The molecule has 1 fully saturated rings. The van der Waals surface area contributed by atoms with Crippen LogP contribution < -0.4 is 5.32 Å². The number of H-pyrrole nitrogens is 1. The Bertz CT molecular complexity index is 1090. The summed E-state index contributed by atoms with van der Waals surface area (Å²) in [6, 6.07) is 12.4. The van der Waals surface area contributed by atoms with Gasteiger partial charge in [-0.25, -0.2) is 14.4 Å². The minimum Gasteiger partial charge on any atom is -0.363 e. The number of rotatable bonds is 5. The molecule has 4 aromatic rings. The number of hydrogen-bond acceptors (Lipinski definition) is 4. The lowest BCUT2D eigenvalue weighted by atomic mass is 10.1. The van der Waals surface area contributed by atoms with Crippen LogP contribution in [0.2, 0.25) is 0 Å². The van der Waals surface area contributed by atoms with Gasteiger partial charge in [0.2, 0.25) is 0 Å². The first-order valence-electron chi connectivity index (χ1n) is 9.09. The van der Waals surface area contributed by atoms with Gasteiger partial charge in [0.05, 0.1) is 0 Å². The van der Waals surface area contributed by atoms with Crippen molar-refractivity contribution >= 4 is 17.0 Å². The Labute approximate surface area is 155 Å². The van der Waals surface area contributed by atoms with Crippen molar-refractivity contribution in [3.8, 4) is 5.82 Å². The van der Waals surface area contributed by atoms with Crippen LogP contribution in [0.5, 0.6) is 0 Å². The van der Waals surface area contributed by atoms with Crippen molar-refractivity contribution in [2.45, 2.75) is 31.7 Å². The van der Waals surface area contributed by atoms with Gasteiger partial charge in [-0.3, -0.25) is 9.67 Å². The molecule has 0 aliphatic heterocycles. The molecule has 6 nitrogen and oxygen atoms in total. The van der Waals surface area contributed by atoms with E-state index in [0.717, 1.165) is 28.4 Å². The number of fused-ring (bicyclic) bond motifs is 1. The summed E-state index contributed by atoms with van der Waals surface area (Å²) in [5.74, 6) is 1.91. The second-order valence-electron chi connectivity index (χ2n) is 7.03. The summed E-state index contributed by atoms with van der Waals surface area (Å²) in [4.78, 5) is 9.16. The largest absolute Gasteiger partial charge is 0.363 e. The first kappa shape index (κ1) is 16.0. The number of aromatic amines is 1. The Hall–Kier alpha value is -3.22. The first-order chi connectivity index (χ1) is 13.2. The van der Waals surface area contributed by atoms with Crippen LogP contribution in [0, 0.1) is 5.82 Å². The molecule has 1 saturated carbocycles. The smallest absolute Gasteiger partial charge is 0.168 e. The van der Waals surface area contributed by atoms with Crippen molar-refractivity contribution in [1.29, 1.82) is 0 Å². The lowest BCUT2D eigenvalue weighted by molar-refractivity contribution is 0.626. The highest BCUT2D eigenvalue weighted by atomic mass is 19.1. The second kappa shape index (κ2) is 6.19. The summed E-state index contributed by atoms with van der Waals surface area (Å²) in [7, 11) is 0. The van der Waals surface area contributed by atoms with Gasteiger partial charge in [-0.05, 0) is 49.6 Å². The van der Waals surface area contributed by atoms with Crippen LogP contribution in [0.4, 0.5) is 10.2 Å². The van der Waals surface area contributed by atoms with Crippen LogP contribution in [0.1, 0.15) is 43.0 Å². The molecule has 1 unspecified atom stereocenters. The van der Waals surface area contributed by atoms with E-state index in [1.807, 2.05) is 23.6 Å². The standard InChI is InChI=1S/C20H19FN6/c1-12(13-4-6-15(21)7-5-13)23-18-9-8-16-20(24-18)27(11-22-16)19-10-17(25-26-19)14-2-3-14/h4-12,14H,2-3H2,1H3,(H,23,24)(H,25,26). The van der Waals surface area contributed by atoms with Gasteiger partial charge in [-0.15, -0.1) is 0 Å². The Morgan fingerprint density at radius 2 is 2.00 bits per heavy atom. The maximum absolute atomic E-state index is 13.1. The lowest BCUT2D eigenvalue weighted by Crippen LogP contribution is -2.08. The number of nitrogens with one attached hydrogen (secondary N) is 2. The van der Waals surface area contributed by atoms with Gasteiger partial charge in [-0.1, -0.05) is 12.1 Å². The fourth-order valence-electron chi connectivity index (χ4n) is 3.25. The Kier molecular flexibility index (Phi) is 3.67. The van der Waals surface area contributed by atoms with Crippen LogP contribution >= 0.6 is 0 Å². The molecule has 2 N–H and O–H groups in total. The summed E-state index contributed by atoms with van der Waals surface area (Å²) < 4.78 is 15.0. The first-order valence-corrected chi connectivity index (χ1v) is 9.09. The van der Waals surface area contributed by atoms with Gasteiger partial charge < -0.3 is 5.32 Å². The zero-order valence-corrected chi connectivity index (χ0v) is 14.9. The molecule has 3 aromatic heterocycles. The molecule has 1 aromatic carbocycles. The molecular weight excluding hydrogens is 343 g/mol. The van der Waals surface area contributed by atoms with Gasteiger partial charge in [0.15, 0.2) is 11.5 Å². The van der Waals surface area contributed by atoms with E-state index in [2.05, 4.69) is 26.6 Å². The molecule has 0 bridgehead atoms. The fourth-order valence-corrected chi connectivity index (χ4v) is 3.25. The van der Waals surface area contributed by atoms with Crippen LogP contribution in [-0.4, -0.2) is 24.7 Å². The normalized spacial score (nSPS) is 15.2. The van der Waals surface area contributed by atoms with Gasteiger partial charge in [0.1, 0.15) is 23.5 Å².